The van der Waals surface area contributed by atoms with Gasteiger partial charge in [-0.05, 0) is 62.1 Å². The van der Waals surface area contributed by atoms with Gasteiger partial charge in [0.05, 0.1) is 6.61 Å². The van der Waals surface area contributed by atoms with Crippen molar-refractivity contribution in [2.75, 3.05) is 0 Å². The number of hydrogen-bond donors (Lipinski definition) is 0. The Bertz CT molecular complexity index is 596. The summed E-state index contributed by atoms with van der Waals surface area (Å²) in [7, 11) is 0. The molecule has 146 valence electrons. The van der Waals surface area contributed by atoms with E-state index in [9.17, 15) is 22.0 Å². The second-order valence-corrected chi connectivity index (χ2v) is 6.58. The van der Waals surface area contributed by atoms with Crippen LogP contribution in [0.1, 0.15) is 44.6 Å². The number of alkyl halides is 4. The van der Waals surface area contributed by atoms with E-state index in [1.165, 1.54) is 6.07 Å². The van der Waals surface area contributed by atoms with E-state index >= 15 is 0 Å². The highest BCUT2D eigenvalue weighted by molar-refractivity contribution is 5.29. The van der Waals surface area contributed by atoms with Crippen molar-refractivity contribution in [3.8, 4) is 5.75 Å². The van der Waals surface area contributed by atoms with Gasteiger partial charge in [0.2, 0.25) is 0 Å². The van der Waals surface area contributed by atoms with Crippen molar-refractivity contribution in [2.24, 2.45) is 11.8 Å². The number of benzene rings is 1. The summed E-state index contributed by atoms with van der Waals surface area (Å²) < 4.78 is 74.5. The molecule has 0 N–H and O–H groups in total. The Labute approximate surface area is 150 Å². The third-order valence-corrected chi connectivity index (χ3v) is 4.54. The molecule has 0 saturated heterocycles. The quantitative estimate of drug-likeness (QED) is 0.390. The van der Waals surface area contributed by atoms with E-state index in [1.54, 1.807) is 0 Å². The molecule has 0 atom stereocenters. The zero-order chi connectivity index (χ0) is 19.2. The number of allylic oxidation sites excluding steroid dienone is 2. The molecule has 1 aliphatic rings. The third kappa shape index (κ3) is 6.59. The van der Waals surface area contributed by atoms with Crippen molar-refractivity contribution in [3.63, 3.8) is 0 Å². The number of ether oxygens (including phenoxy) is 2. The summed E-state index contributed by atoms with van der Waals surface area (Å²) in [6.45, 7) is -1.71. The first-order chi connectivity index (χ1) is 12.3. The number of halogens is 5. The van der Waals surface area contributed by atoms with Crippen LogP contribution in [-0.4, -0.2) is 12.7 Å². The normalized spacial score (nSPS) is 21.5. The summed E-state index contributed by atoms with van der Waals surface area (Å²) in [6.07, 6.45) is 3.64. The Balaban J connectivity index is 1.83. The van der Waals surface area contributed by atoms with Crippen LogP contribution in [0.4, 0.5) is 22.0 Å². The molecule has 0 unspecified atom stereocenters. The van der Waals surface area contributed by atoms with Crippen LogP contribution in [0, 0.1) is 17.7 Å². The molecule has 0 aliphatic heterocycles. The minimum atomic E-state index is -3.31. The van der Waals surface area contributed by atoms with Crippen LogP contribution < -0.4 is 4.74 Å². The Kier molecular flexibility index (Phi) is 7.43. The largest absolute Gasteiger partial charge is 0.432 e. The van der Waals surface area contributed by atoms with E-state index in [0.717, 1.165) is 37.8 Å². The van der Waals surface area contributed by atoms with Crippen molar-refractivity contribution >= 4 is 0 Å². The van der Waals surface area contributed by atoms with Gasteiger partial charge in [-0.1, -0.05) is 18.2 Å². The zero-order valence-corrected chi connectivity index (χ0v) is 14.6. The lowest BCUT2D eigenvalue weighted by Gasteiger charge is -2.29. The highest BCUT2D eigenvalue weighted by Crippen LogP contribution is 2.37. The van der Waals surface area contributed by atoms with Crippen molar-refractivity contribution in [1.82, 2.24) is 0 Å². The summed E-state index contributed by atoms with van der Waals surface area (Å²) in [6, 6.07) is 3.05. The fourth-order valence-electron chi connectivity index (χ4n) is 3.27. The summed E-state index contributed by atoms with van der Waals surface area (Å²) >= 11 is 0. The Morgan fingerprint density at radius 3 is 2.46 bits per heavy atom. The van der Waals surface area contributed by atoms with Crippen molar-refractivity contribution < 1.29 is 31.4 Å². The molecule has 0 aromatic heterocycles. The molecule has 0 amide bonds. The molecule has 26 heavy (non-hydrogen) atoms. The third-order valence-electron chi connectivity index (χ3n) is 4.54. The minimum Gasteiger partial charge on any atom is -0.432 e. The van der Waals surface area contributed by atoms with E-state index < -0.39 is 30.9 Å². The lowest BCUT2D eigenvalue weighted by molar-refractivity contribution is -0.256. The molecule has 2 rings (SSSR count). The first-order valence-corrected chi connectivity index (χ1v) is 8.67. The van der Waals surface area contributed by atoms with E-state index in [1.807, 2.05) is 13.0 Å². The molecule has 0 radical (unpaired) electrons. The van der Waals surface area contributed by atoms with Gasteiger partial charge >= 0.3 is 12.7 Å². The van der Waals surface area contributed by atoms with Crippen LogP contribution in [0.5, 0.6) is 5.75 Å². The van der Waals surface area contributed by atoms with Crippen LogP contribution >= 0.6 is 0 Å². The first-order valence-electron chi connectivity index (χ1n) is 8.67. The second-order valence-electron chi connectivity index (χ2n) is 6.58. The average molecular weight is 378 g/mol. The highest BCUT2D eigenvalue weighted by Gasteiger charge is 2.35. The van der Waals surface area contributed by atoms with Crippen molar-refractivity contribution in [3.05, 3.63) is 41.7 Å². The fraction of sp³-hybridized carbons (Fsp3) is 0.579. The average Bonchev–Trinajstić information content (AvgIpc) is 2.57. The summed E-state index contributed by atoms with van der Waals surface area (Å²) in [4.78, 5) is 0. The number of rotatable bonds is 8. The maximum Gasteiger partial charge on any atom is 0.387 e. The molecule has 1 fully saturated rings. The van der Waals surface area contributed by atoms with Crippen LogP contribution in [0.25, 0.3) is 0 Å². The second kappa shape index (κ2) is 9.35. The molecule has 0 spiro atoms. The molecule has 7 heteroatoms. The van der Waals surface area contributed by atoms with Gasteiger partial charge < -0.3 is 9.47 Å². The summed E-state index contributed by atoms with van der Waals surface area (Å²) in [5, 5.41) is 0. The van der Waals surface area contributed by atoms with E-state index in [4.69, 9.17) is 0 Å². The van der Waals surface area contributed by atoms with Crippen molar-refractivity contribution in [2.45, 2.75) is 58.4 Å². The SMILES string of the molecule is CC=C[C@H]1CC[C@H](CC(F)(F)OCc2ccc(OC(F)F)c(F)c2)CC1. The van der Waals surface area contributed by atoms with Crippen LogP contribution in [0.3, 0.4) is 0 Å². The first kappa shape index (κ1) is 20.7. The van der Waals surface area contributed by atoms with Crippen LogP contribution in [-0.2, 0) is 11.3 Å². The van der Waals surface area contributed by atoms with Gasteiger partial charge in [-0.3, -0.25) is 0 Å². The molecule has 1 aliphatic carbocycles. The number of hydrogen-bond acceptors (Lipinski definition) is 2. The highest BCUT2D eigenvalue weighted by atomic mass is 19.3. The van der Waals surface area contributed by atoms with Gasteiger partial charge in [0.25, 0.3) is 0 Å². The summed E-state index contributed by atoms with van der Waals surface area (Å²) in [5.41, 5.74) is 0.126. The molecule has 1 aromatic carbocycles. The van der Waals surface area contributed by atoms with Crippen LogP contribution in [0.15, 0.2) is 30.4 Å². The predicted octanol–water partition coefficient (Wildman–Crippen LogP) is 6.31. The molecule has 1 saturated carbocycles. The van der Waals surface area contributed by atoms with Gasteiger partial charge in [-0.25, -0.2) is 4.39 Å². The molecule has 2 nitrogen and oxygen atoms in total. The van der Waals surface area contributed by atoms with E-state index in [0.29, 0.717) is 5.92 Å². The lowest BCUT2D eigenvalue weighted by Crippen LogP contribution is -2.27. The Morgan fingerprint density at radius 1 is 1.19 bits per heavy atom. The molecular weight excluding hydrogens is 355 g/mol. The van der Waals surface area contributed by atoms with Gasteiger partial charge in [0.1, 0.15) is 0 Å². The van der Waals surface area contributed by atoms with Gasteiger partial charge in [0.15, 0.2) is 11.6 Å². The smallest absolute Gasteiger partial charge is 0.387 e. The monoisotopic (exact) mass is 378 g/mol. The van der Waals surface area contributed by atoms with Gasteiger partial charge in [-0.2, -0.15) is 17.6 Å². The van der Waals surface area contributed by atoms with E-state index in [2.05, 4.69) is 15.5 Å². The Morgan fingerprint density at radius 2 is 1.88 bits per heavy atom. The van der Waals surface area contributed by atoms with Crippen molar-refractivity contribution in [1.29, 1.82) is 0 Å². The molecule has 1 aromatic rings. The standard InChI is InChI=1S/C19H23F5O2/c1-2-3-13-4-6-14(7-5-13)11-19(23,24)25-12-15-8-9-17(16(20)10-15)26-18(21)22/h2-3,8-10,13-14,18H,4-7,11-12H2,1H3/t13-,14-. The van der Waals surface area contributed by atoms with E-state index in [-0.39, 0.29) is 17.9 Å². The van der Waals surface area contributed by atoms with Gasteiger partial charge in [0, 0.05) is 6.42 Å². The van der Waals surface area contributed by atoms with Crippen LogP contribution in [0.2, 0.25) is 0 Å². The molecular formula is C19H23F5O2. The molecule has 0 heterocycles. The minimum absolute atomic E-state index is 0.106. The zero-order valence-electron chi connectivity index (χ0n) is 14.6. The fourth-order valence-corrected chi connectivity index (χ4v) is 3.27. The topological polar surface area (TPSA) is 18.5 Å². The maximum absolute atomic E-state index is 14.0. The van der Waals surface area contributed by atoms with Gasteiger partial charge in [-0.15, -0.1) is 0 Å². The molecule has 0 bridgehead atoms. The maximum atomic E-state index is 14.0. The lowest BCUT2D eigenvalue weighted by atomic mass is 9.80. The Hall–Kier alpha value is -1.63. The predicted molar refractivity (Wildman–Crippen MR) is 87.6 cm³/mol. The summed E-state index contributed by atoms with van der Waals surface area (Å²) in [5.74, 6) is -1.32.